The molecular weight excluding hydrogens is 374 g/mol. The Balaban J connectivity index is 1.90. The Kier molecular flexibility index (Phi) is 6.10. The van der Waals surface area contributed by atoms with E-state index < -0.39 is 35.7 Å². The van der Waals surface area contributed by atoms with Crippen LogP contribution in [0.2, 0.25) is 0 Å². The Morgan fingerprint density at radius 3 is 2.55 bits per heavy atom. The molecule has 2 unspecified atom stereocenters. The number of anilines is 1. The van der Waals surface area contributed by atoms with E-state index in [1.807, 2.05) is 0 Å². The van der Waals surface area contributed by atoms with Crippen LogP contribution in [0.1, 0.15) is 58.4 Å². The molecule has 0 spiro atoms. The van der Waals surface area contributed by atoms with Crippen LogP contribution in [0.15, 0.2) is 18.3 Å². The van der Waals surface area contributed by atoms with Gasteiger partial charge in [0.15, 0.2) is 0 Å². The molecule has 2 amide bonds. The normalized spacial score (nSPS) is 20.7. The number of nitrogens with one attached hydrogen (secondary N) is 1. The summed E-state index contributed by atoms with van der Waals surface area (Å²) in [6.45, 7) is 5.27. The molecule has 1 aromatic rings. The van der Waals surface area contributed by atoms with E-state index in [0.29, 0.717) is 11.4 Å². The molecule has 2 aliphatic rings. The Morgan fingerprint density at radius 1 is 1.24 bits per heavy atom. The molecule has 0 saturated heterocycles. The number of aliphatic carboxylic acids is 1. The van der Waals surface area contributed by atoms with Crippen molar-refractivity contribution >= 4 is 23.8 Å². The first kappa shape index (κ1) is 21.1. The molecule has 2 N–H and O–H groups in total. The predicted molar refractivity (Wildman–Crippen MR) is 107 cm³/mol. The molecule has 29 heavy (non-hydrogen) atoms. The van der Waals surface area contributed by atoms with Crippen LogP contribution < -0.4 is 10.2 Å². The van der Waals surface area contributed by atoms with Gasteiger partial charge in [-0.25, -0.2) is 14.6 Å². The fourth-order valence-electron chi connectivity index (χ4n) is 4.14. The number of carboxylic acid groups (broad SMARTS) is 1. The second kappa shape index (κ2) is 8.39. The van der Waals surface area contributed by atoms with Crippen molar-refractivity contribution < 1.29 is 24.2 Å². The first-order chi connectivity index (χ1) is 13.7. The summed E-state index contributed by atoms with van der Waals surface area (Å²) in [6, 6.07) is 1.63. The molecule has 0 bridgehead atoms. The van der Waals surface area contributed by atoms with Crippen LogP contribution in [-0.2, 0) is 20.7 Å². The number of carbonyl (C=O) groups excluding carboxylic acids is 2. The van der Waals surface area contributed by atoms with Crippen LogP contribution >= 0.6 is 0 Å². The highest BCUT2D eigenvalue weighted by molar-refractivity contribution is 6.04. The van der Waals surface area contributed by atoms with Crippen LogP contribution in [-0.4, -0.2) is 45.7 Å². The van der Waals surface area contributed by atoms with Crippen LogP contribution in [0.5, 0.6) is 0 Å². The predicted octanol–water partition coefficient (Wildman–Crippen LogP) is 2.90. The van der Waals surface area contributed by atoms with Crippen LogP contribution in [0.25, 0.3) is 0 Å². The second-order valence-electron chi connectivity index (χ2n) is 8.77. The van der Waals surface area contributed by atoms with Gasteiger partial charge < -0.3 is 15.2 Å². The zero-order valence-corrected chi connectivity index (χ0v) is 17.2. The number of pyridine rings is 1. The first-order valence-corrected chi connectivity index (χ1v) is 10.2. The van der Waals surface area contributed by atoms with Gasteiger partial charge in [0.25, 0.3) is 5.91 Å². The zero-order valence-electron chi connectivity index (χ0n) is 17.2. The molecule has 1 saturated carbocycles. The largest absolute Gasteiger partial charge is 0.480 e. The van der Waals surface area contributed by atoms with E-state index in [1.54, 1.807) is 39.1 Å². The fourth-order valence-corrected chi connectivity index (χ4v) is 4.14. The summed E-state index contributed by atoms with van der Waals surface area (Å²) in [5.41, 5.74) is 0.0169. The molecular formula is C21H29N3O5. The maximum atomic E-state index is 13.6. The number of alkyl carbamates (subject to hydrolysis) is 1. The highest BCUT2D eigenvalue weighted by atomic mass is 16.6. The highest BCUT2D eigenvalue weighted by Crippen LogP contribution is 2.34. The maximum absolute atomic E-state index is 13.6. The summed E-state index contributed by atoms with van der Waals surface area (Å²) in [5, 5.41) is 12.4. The van der Waals surface area contributed by atoms with E-state index >= 15 is 0 Å². The van der Waals surface area contributed by atoms with Crippen molar-refractivity contribution in [1.82, 2.24) is 10.3 Å². The lowest BCUT2D eigenvalue weighted by Gasteiger charge is -2.34. The van der Waals surface area contributed by atoms with Gasteiger partial charge >= 0.3 is 12.1 Å². The SMILES string of the molecule is CC(C)(C)OC(=O)NC(C(=O)N1c2ncccc2CC1C(=O)O)C1CCCCC1. The quantitative estimate of drug-likeness (QED) is 0.800. The molecule has 3 rings (SSSR count). The third-order valence-electron chi connectivity index (χ3n) is 5.40. The monoisotopic (exact) mass is 403 g/mol. The molecule has 8 heteroatoms. The van der Waals surface area contributed by atoms with Crippen molar-refractivity contribution in [3.63, 3.8) is 0 Å². The van der Waals surface area contributed by atoms with Gasteiger partial charge in [-0.3, -0.25) is 9.69 Å². The summed E-state index contributed by atoms with van der Waals surface area (Å²) in [5.74, 6) is -1.23. The number of ether oxygens (including phenoxy) is 1. The molecule has 1 fully saturated rings. The van der Waals surface area contributed by atoms with Crippen molar-refractivity contribution in [2.24, 2.45) is 5.92 Å². The van der Waals surface area contributed by atoms with Crippen LogP contribution in [0.4, 0.5) is 10.6 Å². The molecule has 0 aromatic carbocycles. The van der Waals surface area contributed by atoms with Gasteiger partial charge in [0.2, 0.25) is 0 Å². The Morgan fingerprint density at radius 2 is 1.93 bits per heavy atom. The molecule has 2 heterocycles. The Hall–Kier alpha value is -2.64. The smallest absolute Gasteiger partial charge is 0.408 e. The standard InChI is InChI=1S/C21H29N3O5/c1-21(2,3)29-20(28)23-16(13-8-5-4-6-9-13)18(25)24-15(19(26)27)12-14-10-7-11-22-17(14)24/h7,10-11,13,15-16H,4-6,8-9,12H2,1-3H3,(H,23,28)(H,26,27). The van der Waals surface area contributed by atoms with Crippen LogP contribution in [0.3, 0.4) is 0 Å². The van der Waals surface area contributed by atoms with Crippen LogP contribution in [0, 0.1) is 5.92 Å². The van der Waals surface area contributed by atoms with Crippen molar-refractivity contribution in [3.8, 4) is 0 Å². The Labute approximate surface area is 170 Å². The van der Waals surface area contributed by atoms with E-state index in [1.165, 1.54) is 4.90 Å². The number of amides is 2. The zero-order chi connectivity index (χ0) is 21.2. The van der Waals surface area contributed by atoms with Gasteiger partial charge in [-0.1, -0.05) is 25.3 Å². The molecule has 2 atom stereocenters. The minimum atomic E-state index is -1.09. The van der Waals surface area contributed by atoms with Crippen molar-refractivity contribution in [1.29, 1.82) is 0 Å². The van der Waals surface area contributed by atoms with E-state index in [2.05, 4.69) is 10.3 Å². The number of carboxylic acids is 1. The average molecular weight is 403 g/mol. The Bertz CT molecular complexity index is 783. The van der Waals surface area contributed by atoms with E-state index in [4.69, 9.17) is 4.74 Å². The number of rotatable bonds is 4. The van der Waals surface area contributed by atoms with Crippen molar-refractivity contribution in [2.45, 2.75) is 77.0 Å². The van der Waals surface area contributed by atoms with Crippen molar-refractivity contribution in [2.75, 3.05) is 4.90 Å². The van der Waals surface area contributed by atoms with E-state index in [0.717, 1.165) is 32.1 Å². The lowest BCUT2D eigenvalue weighted by atomic mass is 9.83. The molecule has 8 nitrogen and oxygen atoms in total. The lowest BCUT2D eigenvalue weighted by molar-refractivity contribution is -0.140. The second-order valence-corrected chi connectivity index (χ2v) is 8.77. The molecule has 158 valence electrons. The minimum Gasteiger partial charge on any atom is -0.480 e. The molecule has 1 aliphatic heterocycles. The first-order valence-electron chi connectivity index (χ1n) is 10.2. The van der Waals surface area contributed by atoms with Gasteiger partial charge in [0, 0.05) is 12.6 Å². The lowest BCUT2D eigenvalue weighted by Crippen LogP contribution is -2.56. The van der Waals surface area contributed by atoms with E-state index in [-0.39, 0.29) is 12.3 Å². The number of aromatic nitrogens is 1. The van der Waals surface area contributed by atoms with Crippen molar-refractivity contribution in [3.05, 3.63) is 23.9 Å². The summed E-state index contributed by atoms with van der Waals surface area (Å²) in [7, 11) is 0. The third kappa shape index (κ3) is 4.86. The average Bonchev–Trinajstić information content (AvgIpc) is 3.05. The molecule has 0 radical (unpaired) electrons. The van der Waals surface area contributed by atoms with Gasteiger partial charge in [-0.05, 0) is 51.2 Å². The number of fused-ring (bicyclic) bond motifs is 1. The topological polar surface area (TPSA) is 109 Å². The number of hydrogen-bond donors (Lipinski definition) is 2. The molecule has 1 aliphatic carbocycles. The van der Waals surface area contributed by atoms with Gasteiger partial charge in [-0.15, -0.1) is 0 Å². The number of hydrogen-bond acceptors (Lipinski definition) is 5. The van der Waals surface area contributed by atoms with Gasteiger partial charge in [0.1, 0.15) is 23.5 Å². The maximum Gasteiger partial charge on any atom is 0.408 e. The van der Waals surface area contributed by atoms with Gasteiger partial charge in [-0.2, -0.15) is 0 Å². The third-order valence-corrected chi connectivity index (χ3v) is 5.40. The highest BCUT2D eigenvalue weighted by Gasteiger charge is 2.44. The summed E-state index contributed by atoms with van der Waals surface area (Å²) < 4.78 is 5.36. The van der Waals surface area contributed by atoms with E-state index in [9.17, 15) is 19.5 Å². The molecule has 1 aromatic heterocycles. The number of nitrogens with zero attached hydrogens (tertiary/aromatic N) is 2. The summed E-state index contributed by atoms with van der Waals surface area (Å²) >= 11 is 0. The summed E-state index contributed by atoms with van der Waals surface area (Å²) in [4.78, 5) is 43.4. The number of carbonyl (C=O) groups is 3. The minimum absolute atomic E-state index is 0.0639. The summed E-state index contributed by atoms with van der Waals surface area (Å²) in [6.07, 6.45) is 5.71. The van der Waals surface area contributed by atoms with Gasteiger partial charge in [0.05, 0.1) is 0 Å². The fraction of sp³-hybridized carbons (Fsp3) is 0.619.